The second-order valence-corrected chi connectivity index (χ2v) is 3.17. The molecule has 0 heterocycles. The maximum absolute atomic E-state index is 10.7. The SMILES string of the molecule is CCCCSCC(=O)NC#N. The van der Waals surface area contributed by atoms with Gasteiger partial charge in [0.05, 0.1) is 5.75 Å². The molecule has 4 heteroatoms. The van der Waals surface area contributed by atoms with Gasteiger partial charge < -0.3 is 0 Å². The number of hydrogen-bond acceptors (Lipinski definition) is 3. The Balaban J connectivity index is 3.12. The molecular formula is C7H12N2OS. The highest BCUT2D eigenvalue weighted by Crippen LogP contribution is 2.02. The van der Waals surface area contributed by atoms with Gasteiger partial charge in [0, 0.05) is 0 Å². The van der Waals surface area contributed by atoms with Crippen LogP contribution in [0.1, 0.15) is 19.8 Å². The predicted octanol–water partition coefficient (Wildman–Crippen LogP) is 1.12. The number of thioether (sulfide) groups is 1. The first kappa shape index (κ1) is 10.3. The van der Waals surface area contributed by atoms with Crippen LogP contribution in [-0.2, 0) is 4.79 Å². The fourth-order valence-electron chi connectivity index (χ4n) is 0.510. The van der Waals surface area contributed by atoms with Gasteiger partial charge in [-0.2, -0.15) is 17.0 Å². The molecule has 11 heavy (non-hydrogen) atoms. The van der Waals surface area contributed by atoms with Gasteiger partial charge >= 0.3 is 0 Å². The summed E-state index contributed by atoms with van der Waals surface area (Å²) in [5.41, 5.74) is 0. The van der Waals surface area contributed by atoms with Crippen molar-refractivity contribution in [3.63, 3.8) is 0 Å². The molecule has 0 bridgehead atoms. The zero-order chi connectivity index (χ0) is 8.53. The number of carbonyl (C=O) groups excluding carboxylic acids is 1. The van der Waals surface area contributed by atoms with Crippen molar-refractivity contribution in [2.45, 2.75) is 19.8 Å². The number of nitrogens with zero attached hydrogens (tertiary/aromatic N) is 1. The van der Waals surface area contributed by atoms with Gasteiger partial charge in [-0.1, -0.05) is 13.3 Å². The molecule has 0 aromatic heterocycles. The number of unbranched alkanes of at least 4 members (excludes halogenated alkanes) is 1. The molecular weight excluding hydrogens is 160 g/mol. The standard InChI is InChI=1S/C7H12N2OS/c1-2-3-4-11-5-7(10)9-6-8/h2-5H2,1H3,(H,9,10). The molecule has 0 atom stereocenters. The Morgan fingerprint density at radius 3 is 3.00 bits per heavy atom. The molecule has 0 aliphatic heterocycles. The minimum absolute atomic E-state index is 0.200. The van der Waals surface area contributed by atoms with Gasteiger partial charge in [-0.25, -0.2) is 0 Å². The third-order valence-corrected chi connectivity index (χ3v) is 2.11. The van der Waals surface area contributed by atoms with Gasteiger partial charge in [0.15, 0.2) is 6.19 Å². The summed E-state index contributed by atoms with van der Waals surface area (Å²) in [7, 11) is 0. The Hall–Kier alpha value is -0.690. The number of amides is 1. The van der Waals surface area contributed by atoms with Crippen molar-refractivity contribution in [1.82, 2.24) is 5.32 Å². The van der Waals surface area contributed by atoms with Crippen LogP contribution in [0.25, 0.3) is 0 Å². The molecule has 0 aliphatic rings. The van der Waals surface area contributed by atoms with E-state index >= 15 is 0 Å². The lowest BCUT2D eigenvalue weighted by Gasteiger charge is -1.96. The lowest BCUT2D eigenvalue weighted by atomic mass is 10.4. The Bertz CT molecular complexity index is 153. The van der Waals surface area contributed by atoms with E-state index in [2.05, 4.69) is 12.2 Å². The monoisotopic (exact) mass is 172 g/mol. The fraction of sp³-hybridized carbons (Fsp3) is 0.714. The highest BCUT2D eigenvalue weighted by Gasteiger charge is 1.97. The average Bonchev–Trinajstić information content (AvgIpc) is 1.99. The molecule has 0 aliphatic carbocycles. The van der Waals surface area contributed by atoms with E-state index in [-0.39, 0.29) is 5.91 Å². The maximum atomic E-state index is 10.7. The number of hydrogen-bond donors (Lipinski definition) is 1. The minimum Gasteiger partial charge on any atom is -0.273 e. The zero-order valence-corrected chi connectivity index (χ0v) is 7.41. The Kier molecular flexibility index (Phi) is 6.95. The molecule has 0 aromatic rings. The van der Waals surface area contributed by atoms with Crippen molar-refractivity contribution < 1.29 is 4.79 Å². The summed E-state index contributed by atoms with van der Waals surface area (Å²) in [5, 5.41) is 10.1. The number of nitrogens with one attached hydrogen (secondary N) is 1. The largest absolute Gasteiger partial charge is 0.273 e. The summed E-state index contributed by atoms with van der Waals surface area (Å²) in [4.78, 5) is 10.7. The highest BCUT2D eigenvalue weighted by atomic mass is 32.2. The molecule has 1 N–H and O–H groups in total. The molecule has 0 unspecified atom stereocenters. The smallest absolute Gasteiger partial charge is 0.242 e. The zero-order valence-electron chi connectivity index (χ0n) is 6.59. The predicted molar refractivity (Wildman–Crippen MR) is 46.0 cm³/mol. The summed E-state index contributed by atoms with van der Waals surface area (Å²) in [6, 6.07) is 0. The van der Waals surface area contributed by atoms with E-state index in [4.69, 9.17) is 5.26 Å². The first-order valence-corrected chi connectivity index (χ1v) is 4.72. The van der Waals surface area contributed by atoms with Gasteiger partial charge in [-0.15, -0.1) is 0 Å². The molecule has 0 saturated carbocycles. The summed E-state index contributed by atoms with van der Waals surface area (Å²) in [6.07, 6.45) is 3.87. The van der Waals surface area contributed by atoms with E-state index < -0.39 is 0 Å². The van der Waals surface area contributed by atoms with Crippen LogP contribution >= 0.6 is 11.8 Å². The second-order valence-electron chi connectivity index (χ2n) is 2.07. The van der Waals surface area contributed by atoms with Gasteiger partial charge in [0.2, 0.25) is 5.91 Å². The van der Waals surface area contributed by atoms with E-state index in [1.165, 1.54) is 0 Å². The molecule has 3 nitrogen and oxygen atoms in total. The fourth-order valence-corrected chi connectivity index (χ4v) is 1.40. The molecule has 0 rings (SSSR count). The molecule has 0 spiro atoms. The van der Waals surface area contributed by atoms with Gasteiger partial charge in [0.1, 0.15) is 0 Å². The molecule has 62 valence electrons. The van der Waals surface area contributed by atoms with E-state index in [1.54, 1.807) is 18.0 Å². The van der Waals surface area contributed by atoms with Crippen molar-refractivity contribution in [2.75, 3.05) is 11.5 Å². The second kappa shape index (κ2) is 7.42. The van der Waals surface area contributed by atoms with Gasteiger partial charge in [0.25, 0.3) is 0 Å². The Morgan fingerprint density at radius 1 is 1.73 bits per heavy atom. The molecule has 0 radical (unpaired) electrons. The van der Waals surface area contributed by atoms with E-state index in [9.17, 15) is 4.79 Å². The topological polar surface area (TPSA) is 52.9 Å². The average molecular weight is 172 g/mol. The molecule has 0 fully saturated rings. The summed E-state index contributed by atoms with van der Waals surface area (Å²) in [6.45, 7) is 2.11. The van der Waals surface area contributed by atoms with Crippen LogP contribution in [0.4, 0.5) is 0 Å². The lowest BCUT2D eigenvalue weighted by molar-refractivity contribution is -0.117. The van der Waals surface area contributed by atoms with Crippen LogP contribution in [-0.4, -0.2) is 17.4 Å². The molecule has 1 amide bonds. The van der Waals surface area contributed by atoms with Crippen molar-refractivity contribution in [3.05, 3.63) is 0 Å². The lowest BCUT2D eigenvalue weighted by Crippen LogP contribution is -2.19. The van der Waals surface area contributed by atoms with Crippen molar-refractivity contribution in [1.29, 1.82) is 5.26 Å². The first-order valence-electron chi connectivity index (χ1n) is 3.57. The first-order chi connectivity index (χ1) is 5.31. The Labute approximate surface area is 71.2 Å². The minimum atomic E-state index is -0.200. The van der Waals surface area contributed by atoms with Gasteiger partial charge in [-0.3, -0.25) is 10.1 Å². The molecule has 0 aromatic carbocycles. The van der Waals surface area contributed by atoms with E-state index in [1.807, 2.05) is 0 Å². The Morgan fingerprint density at radius 2 is 2.45 bits per heavy atom. The summed E-state index contributed by atoms with van der Waals surface area (Å²) >= 11 is 1.56. The van der Waals surface area contributed by atoms with Crippen LogP contribution in [0.5, 0.6) is 0 Å². The van der Waals surface area contributed by atoms with Crippen LogP contribution in [0.3, 0.4) is 0 Å². The van der Waals surface area contributed by atoms with Crippen molar-refractivity contribution in [2.24, 2.45) is 0 Å². The van der Waals surface area contributed by atoms with E-state index in [0.29, 0.717) is 5.75 Å². The third kappa shape index (κ3) is 7.20. The quantitative estimate of drug-likeness (QED) is 0.384. The van der Waals surface area contributed by atoms with Crippen LogP contribution in [0.15, 0.2) is 0 Å². The number of nitriles is 1. The van der Waals surface area contributed by atoms with Crippen LogP contribution in [0.2, 0.25) is 0 Å². The number of carbonyl (C=O) groups is 1. The number of rotatable bonds is 5. The normalized spacial score (nSPS) is 8.73. The van der Waals surface area contributed by atoms with Crippen molar-refractivity contribution in [3.8, 4) is 6.19 Å². The van der Waals surface area contributed by atoms with Crippen LogP contribution < -0.4 is 5.32 Å². The van der Waals surface area contributed by atoms with E-state index in [0.717, 1.165) is 18.6 Å². The van der Waals surface area contributed by atoms with Gasteiger partial charge in [-0.05, 0) is 12.2 Å². The third-order valence-electron chi connectivity index (χ3n) is 1.07. The van der Waals surface area contributed by atoms with Crippen LogP contribution in [0, 0.1) is 11.5 Å². The molecule has 0 saturated heterocycles. The maximum Gasteiger partial charge on any atom is 0.242 e. The highest BCUT2D eigenvalue weighted by molar-refractivity contribution is 7.99. The van der Waals surface area contributed by atoms with Crippen molar-refractivity contribution >= 4 is 17.7 Å². The summed E-state index contributed by atoms with van der Waals surface area (Å²) < 4.78 is 0. The summed E-state index contributed by atoms with van der Waals surface area (Å²) in [5.74, 6) is 1.19.